The Morgan fingerprint density at radius 3 is 2.33 bits per heavy atom. The van der Waals surface area contributed by atoms with Crippen LogP contribution >= 0.6 is 12.4 Å². The van der Waals surface area contributed by atoms with Gasteiger partial charge in [0.1, 0.15) is 0 Å². The normalized spacial score (nSPS) is 12.1. The Labute approximate surface area is 105 Å². The zero-order valence-electron chi connectivity index (χ0n) is 8.79. The number of nitrogens with one attached hydrogen (secondary N) is 1. The van der Waals surface area contributed by atoms with E-state index in [-0.39, 0.29) is 32.9 Å². The van der Waals surface area contributed by atoms with Gasteiger partial charge >= 0.3 is 93.0 Å². The number of anilines is 1. The number of halogens is 1. The van der Waals surface area contributed by atoms with Crippen molar-refractivity contribution in [3.63, 3.8) is 0 Å². The Morgan fingerprint density at radius 2 is 1.73 bits per heavy atom. The summed E-state index contributed by atoms with van der Waals surface area (Å²) >= 11 is -0.189. The first-order chi connectivity index (χ1) is 6.74. The van der Waals surface area contributed by atoms with Crippen LogP contribution in [-0.2, 0) is 0 Å². The van der Waals surface area contributed by atoms with E-state index < -0.39 is 0 Å². The predicted molar refractivity (Wildman–Crippen MR) is 66.5 cm³/mol. The van der Waals surface area contributed by atoms with Crippen LogP contribution < -0.4 is 18.4 Å². The maximum Gasteiger partial charge on any atom is -0.147 e. The molecule has 1 aliphatic rings. The maximum absolute atomic E-state index is 5.26. The van der Waals surface area contributed by atoms with Gasteiger partial charge in [-0.15, -0.1) is 12.4 Å². The summed E-state index contributed by atoms with van der Waals surface area (Å²) in [5, 5.41) is 3.36. The summed E-state index contributed by atoms with van der Waals surface area (Å²) in [6.07, 6.45) is 0. The third-order valence-electron chi connectivity index (χ3n) is 2.06. The second-order valence-electron chi connectivity index (χ2n) is 2.99. The second kappa shape index (κ2) is 5.07. The first-order valence-electron chi connectivity index (χ1n) is 4.29. The minimum absolute atomic E-state index is 0. The van der Waals surface area contributed by atoms with Gasteiger partial charge in [-0.1, -0.05) is 0 Å². The van der Waals surface area contributed by atoms with Gasteiger partial charge in [0.05, 0.1) is 0 Å². The molecule has 0 saturated heterocycles. The first kappa shape index (κ1) is 12.6. The number of rotatable bonds is 2. The van der Waals surface area contributed by atoms with Crippen molar-refractivity contribution in [3.8, 4) is 11.5 Å². The molecule has 15 heavy (non-hydrogen) atoms. The van der Waals surface area contributed by atoms with Gasteiger partial charge in [-0.3, -0.25) is 0 Å². The van der Waals surface area contributed by atoms with Crippen molar-refractivity contribution in [2.75, 3.05) is 19.5 Å². The molecule has 1 aromatic carbocycles. The second-order valence-corrected chi connectivity index (χ2v) is 6.57. The van der Waals surface area contributed by atoms with Crippen LogP contribution in [-0.4, -0.2) is 38.3 Å². The van der Waals surface area contributed by atoms with Gasteiger partial charge in [0.15, 0.2) is 0 Å². The van der Waals surface area contributed by atoms with Gasteiger partial charge in [0.25, 0.3) is 0 Å². The summed E-state index contributed by atoms with van der Waals surface area (Å²) in [5.41, 5.74) is 1.18. The van der Waals surface area contributed by atoms with E-state index >= 15 is 0 Å². The molecule has 0 spiro atoms. The van der Waals surface area contributed by atoms with E-state index in [2.05, 4.69) is 18.3 Å². The third kappa shape index (κ3) is 2.39. The Hall–Kier alpha value is -0.430. The number of methoxy groups -OCH3 is 2. The van der Waals surface area contributed by atoms with Gasteiger partial charge in [0, 0.05) is 0 Å². The fourth-order valence-electron chi connectivity index (χ4n) is 1.42. The van der Waals surface area contributed by atoms with Crippen molar-refractivity contribution in [1.29, 1.82) is 0 Å². The average Bonchev–Trinajstić information content (AvgIpc) is 2.54. The van der Waals surface area contributed by atoms with E-state index in [1.165, 1.54) is 13.0 Å². The molecular weight excluding hydrogens is 329 g/mol. The molecular formula is C10H13ClNO2Te. The van der Waals surface area contributed by atoms with Gasteiger partial charge in [-0.25, -0.2) is 0 Å². The molecule has 1 N–H and O–H groups in total. The number of fused-ring (bicyclic) bond motifs is 1. The van der Waals surface area contributed by atoms with E-state index in [1.54, 1.807) is 14.2 Å². The van der Waals surface area contributed by atoms with Gasteiger partial charge < -0.3 is 0 Å². The molecule has 0 aliphatic carbocycles. The number of hydrogen-bond donors (Lipinski definition) is 1. The van der Waals surface area contributed by atoms with Crippen molar-refractivity contribution in [3.05, 3.63) is 12.1 Å². The quantitative estimate of drug-likeness (QED) is 0.815. The Morgan fingerprint density at radius 1 is 1.13 bits per heavy atom. The largest absolute Gasteiger partial charge is 0.147 e. The predicted octanol–water partition coefficient (Wildman–Crippen LogP) is 1.03. The molecule has 1 heterocycles. The van der Waals surface area contributed by atoms with Crippen LogP contribution in [0.15, 0.2) is 12.1 Å². The Balaban J connectivity index is 0.00000112. The number of ether oxygens (including phenoxy) is 2. The molecule has 2 rings (SSSR count). The van der Waals surface area contributed by atoms with Crippen molar-refractivity contribution < 1.29 is 9.47 Å². The summed E-state index contributed by atoms with van der Waals surface area (Å²) < 4.78 is 13.3. The van der Waals surface area contributed by atoms with Crippen LogP contribution in [0.3, 0.4) is 0 Å². The third-order valence-corrected chi connectivity index (χ3v) is 4.82. The molecule has 0 bridgehead atoms. The van der Waals surface area contributed by atoms with Gasteiger partial charge in [-0.2, -0.15) is 0 Å². The van der Waals surface area contributed by atoms with Crippen LogP contribution in [0.2, 0.25) is 0 Å². The monoisotopic (exact) mass is 344 g/mol. The molecule has 0 saturated carbocycles. The smallest absolute Gasteiger partial charge is 0.147 e. The fourth-order valence-corrected chi connectivity index (χ4v) is 3.92. The molecule has 3 nitrogen and oxygen atoms in total. The Kier molecular flexibility index (Phi) is 4.27. The summed E-state index contributed by atoms with van der Waals surface area (Å²) in [5.74, 6) is 1.62. The molecule has 0 unspecified atom stereocenters. The summed E-state index contributed by atoms with van der Waals surface area (Å²) in [4.78, 5) is 0. The summed E-state index contributed by atoms with van der Waals surface area (Å²) in [6, 6.07) is 4.09. The molecule has 0 atom stereocenters. The molecule has 0 aromatic heterocycles. The zero-order chi connectivity index (χ0) is 10.1. The topological polar surface area (TPSA) is 30.5 Å². The molecule has 1 radical (unpaired) electrons. The standard InChI is InChI=1S/C10H12NO2Te.ClH/c1-6-11-7-4-8(12-2)9(13-3)5-10(7)14-6;/h4-5,11H,1-3H3;1H. The minimum Gasteiger partial charge on any atom is -0.147 e. The van der Waals surface area contributed by atoms with Crippen LogP contribution in [0, 0.1) is 0 Å². The molecule has 1 aromatic rings. The average molecular weight is 342 g/mol. The minimum atomic E-state index is -0.189. The van der Waals surface area contributed by atoms with Crippen LogP contribution in [0.5, 0.6) is 11.5 Å². The van der Waals surface area contributed by atoms with Crippen molar-refractivity contribution in [2.45, 2.75) is 6.92 Å². The first-order valence-corrected chi connectivity index (χ1v) is 6.62. The van der Waals surface area contributed by atoms with Crippen LogP contribution in [0.1, 0.15) is 6.92 Å². The van der Waals surface area contributed by atoms with E-state index in [1.807, 2.05) is 6.07 Å². The zero-order valence-corrected chi connectivity index (χ0v) is 11.9. The van der Waals surface area contributed by atoms with Gasteiger partial charge in [0.2, 0.25) is 0 Å². The van der Waals surface area contributed by atoms with E-state index in [0.717, 1.165) is 11.5 Å². The van der Waals surface area contributed by atoms with Gasteiger partial charge in [-0.05, 0) is 0 Å². The molecule has 1 aliphatic heterocycles. The molecule has 5 heteroatoms. The fraction of sp³-hybridized carbons (Fsp3) is 0.300. The van der Waals surface area contributed by atoms with Crippen molar-refractivity contribution >= 4 is 45.8 Å². The van der Waals surface area contributed by atoms with Crippen LogP contribution in [0.4, 0.5) is 5.69 Å². The van der Waals surface area contributed by atoms with Crippen LogP contribution in [0.25, 0.3) is 0 Å². The number of benzene rings is 1. The van der Waals surface area contributed by atoms with E-state index in [0.29, 0.717) is 0 Å². The Bertz CT molecular complexity index is 407. The molecule has 0 fully saturated rings. The summed E-state index contributed by atoms with van der Waals surface area (Å²) in [6.45, 7) is 2.14. The number of hydrogen-bond acceptors (Lipinski definition) is 3. The maximum atomic E-state index is 5.26. The SMILES string of the molecule is COc1cc2c(cc1OC)[Te]=C(C)N2.Cl. The summed E-state index contributed by atoms with van der Waals surface area (Å²) in [7, 11) is 3.33. The van der Waals surface area contributed by atoms with E-state index in [9.17, 15) is 0 Å². The molecule has 83 valence electrons. The van der Waals surface area contributed by atoms with E-state index in [4.69, 9.17) is 9.47 Å². The van der Waals surface area contributed by atoms with Crippen molar-refractivity contribution in [1.82, 2.24) is 0 Å². The van der Waals surface area contributed by atoms with Crippen molar-refractivity contribution in [2.24, 2.45) is 0 Å². The molecule has 0 amide bonds.